The molecule has 0 aliphatic heterocycles. The van der Waals surface area contributed by atoms with E-state index >= 15 is 0 Å². The van der Waals surface area contributed by atoms with Gasteiger partial charge in [0.15, 0.2) is 0 Å². The van der Waals surface area contributed by atoms with Gasteiger partial charge in [-0.05, 0) is 43.0 Å². The van der Waals surface area contributed by atoms with Gasteiger partial charge in [0, 0.05) is 12.7 Å². The molecule has 0 radical (unpaired) electrons. The first kappa shape index (κ1) is 15.4. The van der Waals surface area contributed by atoms with Gasteiger partial charge >= 0.3 is 0 Å². The van der Waals surface area contributed by atoms with Crippen molar-refractivity contribution in [2.75, 3.05) is 4.90 Å². The van der Waals surface area contributed by atoms with E-state index in [1.54, 1.807) is 23.4 Å². The van der Waals surface area contributed by atoms with E-state index in [-0.39, 0.29) is 5.56 Å². The molecule has 4 nitrogen and oxygen atoms in total. The molecular weight excluding hydrogens is 279 g/mol. The summed E-state index contributed by atoms with van der Waals surface area (Å²) in [7, 11) is 0. The number of benzene rings is 1. The highest BCUT2D eigenvalue weighted by atomic mass is 19.1. The van der Waals surface area contributed by atoms with E-state index in [1.807, 2.05) is 19.1 Å². The van der Waals surface area contributed by atoms with Gasteiger partial charge in [0.25, 0.3) is 0 Å². The summed E-state index contributed by atoms with van der Waals surface area (Å²) < 4.78 is 13.4. The summed E-state index contributed by atoms with van der Waals surface area (Å²) in [6, 6.07) is 8.21. The third kappa shape index (κ3) is 3.36. The van der Waals surface area contributed by atoms with Crippen LogP contribution >= 0.6 is 0 Å². The molecular formula is C17H15FN4. The minimum Gasteiger partial charge on any atom is -0.321 e. The summed E-state index contributed by atoms with van der Waals surface area (Å²) in [6.07, 6.45) is 3.44. The van der Waals surface area contributed by atoms with Crippen LogP contribution in [0.2, 0.25) is 0 Å². The Balaban J connectivity index is 2.38. The predicted molar refractivity (Wildman–Crippen MR) is 85.0 cm³/mol. The molecule has 2 rings (SSSR count). The zero-order valence-electron chi connectivity index (χ0n) is 12.3. The number of nitriles is 1. The maximum absolute atomic E-state index is 13.4. The van der Waals surface area contributed by atoms with Crippen LogP contribution in [0.25, 0.3) is 0 Å². The second-order valence-electron chi connectivity index (χ2n) is 4.81. The Hall–Kier alpha value is -3.00. The Labute approximate surface area is 128 Å². The van der Waals surface area contributed by atoms with Crippen molar-refractivity contribution in [1.82, 2.24) is 4.98 Å². The number of aromatic nitrogens is 1. The molecule has 0 spiro atoms. The van der Waals surface area contributed by atoms with Crippen LogP contribution in [-0.4, -0.2) is 11.7 Å². The molecule has 1 aromatic carbocycles. The lowest BCUT2D eigenvalue weighted by atomic mass is 10.1. The van der Waals surface area contributed by atoms with Crippen molar-refractivity contribution in [2.24, 2.45) is 4.99 Å². The lowest BCUT2D eigenvalue weighted by molar-refractivity contribution is 0.623. The topological polar surface area (TPSA) is 52.3 Å². The normalized spacial score (nSPS) is 9.86. The number of aliphatic imine (C=N–C) groups is 1. The number of pyridine rings is 1. The SMILES string of the molecule is C=NC(=C)N(Cc1ccc(F)c(C#N)c1)c1cncc(C)c1. The molecule has 0 atom stereocenters. The first-order valence-electron chi connectivity index (χ1n) is 6.58. The van der Waals surface area contributed by atoms with Crippen molar-refractivity contribution in [1.29, 1.82) is 5.26 Å². The first-order chi connectivity index (χ1) is 10.5. The van der Waals surface area contributed by atoms with Gasteiger partial charge in [0.05, 0.1) is 17.4 Å². The third-order valence-electron chi connectivity index (χ3n) is 3.16. The fourth-order valence-corrected chi connectivity index (χ4v) is 2.04. The summed E-state index contributed by atoms with van der Waals surface area (Å²) in [6.45, 7) is 9.68. The molecule has 110 valence electrons. The summed E-state index contributed by atoms with van der Waals surface area (Å²) in [4.78, 5) is 9.83. The summed E-state index contributed by atoms with van der Waals surface area (Å²) in [5.74, 6) is -0.0778. The van der Waals surface area contributed by atoms with Crippen LogP contribution in [0.4, 0.5) is 10.1 Å². The maximum Gasteiger partial charge on any atom is 0.140 e. The molecule has 22 heavy (non-hydrogen) atoms. The Morgan fingerprint density at radius 1 is 1.41 bits per heavy atom. The number of rotatable bonds is 5. The average molecular weight is 294 g/mol. The second kappa shape index (κ2) is 6.64. The molecule has 0 saturated carbocycles. The number of nitrogens with zero attached hydrogens (tertiary/aromatic N) is 4. The van der Waals surface area contributed by atoms with Crippen molar-refractivity contribution in [3.05, 3.63) is 71.6 Å². The van der Waals surface area contributed by atoms with E-state index in [9.17, 15) is 4.39 Å². The Morgan fingerprint density at radius 3 is 2.82 bits per heavy atom. The molecule has 1 heterocycles. The molecule has 5 heteroatoms. The van der Waals surface area contributed by atoms with E-state index < -0.39 is 5.82 Å². The smallest absolute Gasteiger partial charge is 0.140 e. The molecule has 0 bridgehead atoms. The highest BCUT2D eigenvalue weighted by Crippen LogP contribution is 2.22. The quantitative estimate of drug-likeness (QED) is 0.792. The van der Waals surface area contributed by atoms with Crippen LogP contribution in [0, 0.1) is 24.1 Å². The van der Waals surface area contributed by atoms with Crippen LogP contribution < -0.4 is 4.90 Å². The maximum atomic E-state index is 13.4. The number of halogens is 1. The minimum atomic E-state index is -0.532. The second-order valence-corrected chi connectivity index (χ2v) is 4.81. The molecule has 0 aliphatic rings. The molecule has 0 unspecified atom stereocenters. The number of hydrogen-bond acceptors (Lipinski definition) is 4. The number of anilines is 1. The monoisotopic (exact) mass is 294 g/mol. The van der Waals surface area contributed by atoms with E-state index in [1.165, 1.54) is 12.1 Å². The van der Waals surface area contributed by atoms with Gasteiger partial charge in [0.2, 0.25) is 0 Å². The molecule has 0 amide bonds. The van der Waals surface area contributed by atoms with Crippen molar-refractivity contribution < 1.29 is 4.39 Å². The van der Waals surface area contributed by atoms with E-state index in [0.717, 1.165) is 16.8 Å². The number of aryl methyl sites for hydroxylation is 1. The highest BCUT2D eigenvalue weighted by Gasteiger charge is 2.12. The lowest BCUT2D eigenvalue weighted by Crippen LogP contribution is -2.20. The molecule has 1 aromatic heterocycles. The summed E-state index contributed by atoms with van der Waals surface area (Å²) >= 11 is 0. The average Bonchev–Trinajstić information content (AvgIpc) is 2.53. The number of hydrogen-bond donors (Lipinski definition) is 0. The van der Waals surface area contributed by atoms with Crippen LogP contribution in [0.3, 0.4) is 0 Å². The van der Waals surface area contributed by atoms with Gasteiger partial charge in [-0.15, -0.1) is 0 Å². The van der Waals surface area contributed by atoms with E-state index in [0.29, 0.717) is 12.4 Å². The van der Waals surface area contributed by atoms with Gasteiger partial charge in [-0.2, -0.15) is 5.26 Å². The van der Waals surface area contributed by atoms with Crippen molar-refractivity contribution in [3.63, 3.8) is 0 Å². The van der Waals surface area contributed by atoms with Crippen LogP contribution in [0.15, 0.2) is 54.1 Å². The lowest BCUT2D eigenvalue weighted by Gasteiger charge is -2.24. The fourth-order valence-electron chi connectivity index (χ4n) is 2.04. The van der Waals surface area contributed by atoms with Gasteiger partial charge < -0.3 is 4.90 Å². The zero-order chi connectivity index (χ0) is 16.1. The fraction of sp³-hybridized carbons (Fsp3) is 0.118. The van der Waals surface area contributed by atoms with E-state index in [4.69, 9.17) is 5.26 Å². The summed E-state index contributed by atoms with van der Waals surface area (Å²) in [5, 5.41) is 8.93. The van der Waals surface area contributed by atoms with Gasteiger partial charge in [-0.25, -0.2) is 9.38 Å². The summed E-state index contributed by atoms with van der Waals surface area (Å²) in [5.41, 5.74) is 2.58. The van der Waals surface area contributed by atoms with Crippen LogP contribution in [0.1, 0.15) is 16.7 Å². The van der Waals surface area contributed by atoms with Crippen LogP contribution in [0.5, 0.6) is 0 Å². The van der Waals surface area contributed by atoms with Crippen molar-refractivity contribution >= 4 is 12.4 Å². The van der Waals surface area contributed by atoms with Crippen molar-refractivity contribution in [2.45, 2.75) is 13.5 Å². The van der Waals surface area contributed by atoms with Gasteiger partial charge in [-0.3, -0.25) is 4.98 Å². The Morgan fingerprint density at radius 2 is 2.18 bits per heavy atom. The Kier molecular flexibility index (Phi) is 4.64. The molecule has 2 aromatic rings. The molecule has 0 aliphatic carbocycles. The molecule has 0 fully saturated rings. The van der Waals surface area contributed by atoms with Crippen LogP contribution in [-0.2, 0) is 6.54 Å². The zero-order valence-corrected chi connectivity index (χ0v) is 12.3. The third-order valence-corrected chi connectivity index (χ3v) is 3.16. The predicted octanol–water partition coefficient (Wildman–Crippen LogP) is 3.58. The first-order valence-corrected chi connectivity index (χ1v) is 6.58. The standard InChI is InChI=1S/C17H15FN4/c1-12-6-16(10-21-9-12)22(13(2)20-3)11-14-4-5-17(18)15(7-14)8-19/h4-7,9-10H,2-3,11H2,1H3. The molecule has 0 saturated heterocycles. The molecule has 0 N–H and O–H groups in total. The van der Waals surface area contributed by atoms with Crippen molar-refractivity contribution in [3.8, 4) is 6.07 Å². The minimum absolute atomic E-state index is 0.0111. The largest absolute Gasteiger partial charge is 0.321 e. The van der Waals surface area contributed by atoms with Gasteiger partial charge in [-0.1, -0.05) is 12.6 Å². The highest BCUT2D eigenvalue weighted by molar-refractivity contribution is 5.53. The van der Waals surface area contributed by atoms with E-state index in [2.05, 4.69) is 23.3 Å². The Bertz CT molecular complexity index is 761. The van der Waals surface area contributed by atoms with Gasteiger partial charge in [0.1, 0.15) is 17.7 Å².